The zero-order valence-electron chi connectivity index (χ0n) is 10.5. The lowest BCUT2D eigenvalue weighted by Gasteiger charge is -2.36. The van der Waals surface area contributed by atoms with E-state index in [-0.39, 0.29) is 5.82 Å². The second-order valence-corrected chi connectivity index (χ2v) is 4.76. The zero-order valence-corrected chi connectivity index (χ0v) is 10.5. The predicted octanol–water partition coefficient (Wildman–Crippen LogP) is 2.04. The van der Waals surface area contributed by atoms with E-state index in [0.29, 0.717) is 12.0 Å². The molecule has 2 rings (SSSR count). The third-order valence-electron chi connectivity index (χ3n) is 3.66. The van der Waals surface area contributed by atoms with Crippen molar-refractivity contribution >= 4 is 5.82 Å². The first-order chi connectivity index (χ1) is 8.20. The highest BCUT2D eigenvalue weighted by Gasteiger charge is 2.24. The summed E-state index contributed by atoms with van der Waals surface area (Å²) in [6.45, 7) is 4.23. The predicted molar refractivity (Wildman–Crippen MR) is 67.7 cm³/mol. The van der Waals surface area contributed by atoms with Gasteiger partial charge >= 0.3 is 0 Å². The average Bonchev–Trinajstić information content (AvgIpc) is 2.39. The maximum atomic E-state index is 12.8. The van der Waals surface area contributed by atoms with Crippen molar-refractivity contribution < 1.29 is 4.39 Å². The molecule has 17 heavy (non-hydrogen) atoms. The third-order valence-corrected chi connectivity index (χ3v) is 3.66. The molecule has 4 heteroatoms. The maximum absolute atomic E-state index is 12.8. The fourth-order valence-electron chi connectivity index (χ4n) is 2.42. The number of piperidine rings is 1. The van der Waals surface area contributed by atoms with Crippen molar-refractivity contribution in [1.29, 1.82) is 0 Å². The standard InChI is InChI=1S/C13H20FN3/c1-10(15-2)11-4-3-7-17(9-11)13-6-5-12(14)8-16-13/h5-6,8,10-11,15H,3-4,7,9H2,1-2H3. The van der Waals surface area contributed by atoms with Crippen molar-refractivity contribution in [1.82, 2.24) is 10.3 Å². The minimum atomic E-state index is -0.272. The van der Waals surface area contributed by atoms with Crippen LogP contribution in [-0.2, 0) is 0 Å². The molecule has 1 aromatic rings. The Morgan fingerprint density at radius 1 is 1.53 bits per heavy atom. The van der Waals surface area contributed by atoms with Crippen LogP contribution in [0.25, 0.3) is 0 Å². The van der Waals surface area contributed by atoms with Crippen LogP contribution in [-0.4, -0.2) is 31.2 Å². The van der Waals surface area contributed by atoms with Crippen LogP contribution in [0.2, 0.25) is 0 Å². The van der Waals surface area contributed by atoms with Crippen LogP contribution in [0.4, 0.5) is 10.2 Å². The van der Waals surface area contributed by atoms with Gasteiger partial charge in [0, 0.05) is 19.1 Å². The number of rotatable bonds is 3. The summed E-state index contributed by atoms with van der Waals surface area (Å²) >= 11 is 0. The highest BCUT2D eigenvalue weighted by molar-refractivity contribution is 5.38. The van der Waals surface area contributed by atoms with Gasteiger partial charge in [0.15, 0.2) is 0 Å². The third kappa shape index (κ3) is 2.94. The molecule has 3 nitrogen and oxygen atoms in total. The maximum Gasteiger partial charge on any atom is 0.141 e. The Hall–Kier alpha value is -1.16. The van der Waals surface area contributed by atoms with Gasteiger partial charge in [-0.1, -0.05) is 0 Å². The van der Waals surface area contributed by atoms with Crippen molar-refractivity contribution in [2.24, 2.45) is 5.92 Å². The smallest absolute Gasteiger partial charge is 0.141 e. The van der Waals surface area contributed by atoms with E-state index in [1.165, 1.54) is 25.1 Å². The van der Waals surface area contributed by atoms with E-state index in [9.17, 15) is 4.39 Å². The van der Waals surface area contributed by atoms with E-state index >= 15 is 0 Å². The topological polar surface area (TPSA) is 28.2 Å². The summed E-state index contributed by atoms with van der Waals surface area (Å²) in [4.78, 5) is 6.40. The second-order valence-electron chi connectivity index (χ2n) is 4.76. The lowest BCUT2D eigenvalue weighted by atomic mass is 9.92. The van der Waals surface area contributed by atoms with Crippen LogP contribution in [0.3, 0.4) is 0 Å². The first-order valence-corrected chi connectivity index (χ1v) is 6.24. The molecule has 0 amide bonds. The summed E-state index contributed by atoms with van der Waals surface area (Å²) in [5.41, 5.74) is 0. The van der Waals surface area contributed by atoms with Gasteiger partial charge in [0.2, 0.25) is 0 Å². The van der Waals surface area contributed by atoms with Gasteiger partial charge in [0.25, 0.3) is 0 Å². The first-order valence-electron chi connectivity index (χ1n) is 6.24. The van der Waals surface area contributed by atoms with E-state index < -0.39 is 0 Å². The molecule has 1 aliphatic rings. The van der Waals surface area contributed by atoms with Crippen LogP contribution in [0.1, 0.15) is 19.8 Å². The monoisotopic (exact) mass is 237 g/mol. The van der Waals surface area contributed by atoms with Crippen molar-refractivity contribution in [2.45, 2.75) is 25.8 Å². The molecular weight excluding hydrogens is 217 g/mol. The molecule has 0 bridgehead atoms. The molecule has 1 saturated heterocycles. The van der Waals surface area contributed by atoms with Crippen LogP contribution in [0.5, 0.6) is 0 Å². The van der Waals surface area contributed by atoms with Gasteiger partial charge in [-0.2, -0.15) is 0 Å². The largest absolute Gasteiger partial charge is 0.356 e. The minimum absolute atomic E-state index is 0.272. The molecule has 1 aliphatic heterocycles. The Kier molecular flexibility index (Phi) is 3.94. The Morgan fingerprint density at radius 3 is 3.00 bits per heavy atom. The summed E-state index contributed by atoms with van der Waals surface area (Å²) in [5.74, 6) is 1.26. The molecule has 0 radical (unpaired) electrons. The van der Waals surface area contributed by atoms with E-state index in [0.717, 1.165) is 18.9 Å². The molecule has 2 atom stereocenters. The Morgan fingerprint density at radius 2 is 2.35 bits per heavy atom. The number of hydrogen-bond acceptors (Lipinski definition) is 3. The number of hydrogen-bond donors (Lipinski definition) is 1. The summed E-state index contributed by atoms with van der Waals surface area (Å²) in [7, 11) is 2.00. The lowest BCUT2D eigenvalue weighted by Crippen LogP contribution is -2.43. The van der Waals surface area contributed by atoms with Crippen LogP contribution in [0, 0.1) is 11.7 Å². The van der Waals surface area contributed by atoms with Gasteiger partial charge in [-0.05, 0) is 44.9 Å². The van der Waals surface area contributed by atoms with E-state index in [4.69, 9.17) is 0 Å². The molecule has 1 aromatic heterocycles. The number of nitrogens with one attached hydrogen (secondary N) is 1. The quantitative estimate of drug-likeness (QED) is 0.872. The summed E-state index contributed by atoms with van der Waals surface area (Å²) in [6, 6.07) is 3.76. The minimum Gasteiger partial charge on any atom is -0.356 e. The van der Waals surface area contributed by atoms with Crippen molar-refractivity contribution in [2.75, 3.05) is 25.0 Å². The Balaban J connectivity index is 2.04. The fraction of sp³-hybridized carbons (Fsp3) is 0.615. The molecule has 0 spiro atoms. The summed E-state index contributed by atoms with van der Waals surface area (Å²) in [5, 5.41) is 3.31. The molecule has 2 heterocycles. The van der Waals surface area contributed by atoms with Crippen LogP contribution >= 0.6 is 0 Å². The zero-order chi connectivity index (χ0) is 12.3. The van der Waals surface area contributed by atoms with Crippen molar-refractivity contribution in [3.63, 3.8) is 0 Å². The Bertz CT molecular complexity index is 352. The molecule has 2 unspecified atom stereocenters. The highest BCUT2D eigenvalue weighted by Crippen LogP contribution is 2.23. The fourth-order valence-corrected chi connectivity index (χ4v) is 2.42. The molecule has 0 aromatic carbocycles. The van der Waals surface area contributed by atoms with Crippen molar-refractivity contribution in [3.05, 3.63) is 24.1 Å². The number of anilines is 1. The van der Waals surface area contributed by atoms with E-state index in [2.05, 4.69) is 22.1 Å². The van der Waals surface area contributed by atoms with Crippen molar-refractivity contribution in [3.8, 4) is 0 Å². The van der Waals surface area contributed by atoms with E-state index in [1.54, 1.807) is 6.07 Å². The van der Waals surface area contributed by atoms with Gasteiger partial charge in [-0.25, -0.2) is 9.37 Å². The number of pyridine rings is 1. The van der Waals surface area contributed by atoms with Gasteiger partial charge < -0.3 is 10.2 Å². The molecule has 1 N–H and O–H groups in total. The second kappa shape index (κ2) is 5.45. The molecular formula is C13H20FN3. The molecule has 94 valence electrons. The number of halogens is 1. The van der Waals surface area contributed by atoms with Gasteiger partial charge in [-0.3, -0.25) is 0 Å². The van der Waals surface area contributed by atoms with E-state index in [1.807, 2.05) is 7.05 Å². The van der Waals surface area contributed by atoms with Gasteiger partial charge in [0.05, 0.1) is 6.20 Å². The normalized spacial score (nSPS) is 22.5. The van der Waals surface area contributed by atoms with Gasteiger partial charge in [0.1, 0.15) is 11.6 Å². The van der Waals surface area contributed by atoms with Crippen LogP contribution in [0.15, 0.2) is 18.3 Å². The molecule has 0 aliphatic carbocycles. The SMILES string of the molecule is CNC(C)C1CCCN(c2ccc(F)cn2)C1. The Labute approximate surface area is 102 Å². The lowest BCUT2D eigenvalue weighted by molar-refractivity contribution is 0.332. The summed E-state index contributed by atoms with van der Waals surface area (Å²) < 4.78 is 12.8. The van der Waals surface area contributed by atoms with Gasteiger partial charge in [-0.15, -0.1) is 0 Å². The first kappa shape index (κ1) is 12.3. The average molecular weight is 237 g/mol. The molecule has 0 saturated carbocycles. The summed E-state index contributed by atoms with van der Waals surface area (Å²) in [6.07, 6.45) is 3.72. The molecule has 1 fully saturated rings. The highest BCUT2D eigenvalue weighted by atomic mass is 19.1. The van der Waals surface area contributed by atoms with Crippen LogP contribution < -0.4 is 10.2 Å². The number of aromatic nitrogens is 1. The number of nitrogens with zero attached hydrogens (tertiary/aromatic N) is 2.